The van der Waals surface area contributed by atoms with E-state index in [4.69, 9.17) is 22.1 Å². The monoisotopic (exact) mass is 256 g/mol. The number of carbonyl (C=O) groups is 1. The molecule has 0 spiro atoms. The van der Waals surface area contributed by atoms with Crippen molar-refractivity contribution in [1.29, 1.82) is 0 Å². The van der Waals surface area contributed by atoms with Crippen LogP contribution in [0.5, 0.6) is 0 Å². The third-order valence-corrected chi connectivity index (χ3v) is 8.07. The summed E-state index contributed by atoms with van der Waals surface area (Å²) in [5, 5.41) is 8.99. The molecule has 0 aliphatic carbocycles. The van der Waals surface area contributed by atoms with Crippen LogP contribution in [0.4, 0.5) is 0 Å². The molecule has 3 atom stereocenters. The summed E-state index contributed by atoms with van der Waals surface area (Å²) in [5.74, 6) is -0.246. The highest BCUT2D eigenvalue weighted by atomic mass is 28.4. The molecule has 6 heteroatoms. The van der Waals surface area contributed by atoms with Crippen LogP contribution in [0.1, 0.15) is 20.8 Å². The summed E-state index contributed by atoms with van der Waals surface area (Å²) in [6.45, 7) is 10.0. The molecule has 0 aromatic rings. The standard InChI is InChI=1S/C11H21BO4Si/c1-11(2,3)17(4,5)16-9-8(14)7(6-13)15-10(9)12/h7,9-10,13H,6H2,1-5H3. The van der Waals surface area contributed by atoms with E-state index in [9.17, 15) is 4.79 Å². The normalized spacial score (nSPS) is 30.9. The van der Waals surface area contributed by atoms with Crippen molar-refractivity contribution in [2.45, 2.75) is 57.1 Å². The number of hydrogen-bond donors (Lipinski definition) is 1. The fourth-order valence-electron chi connectivity index (χ4n) is 1.43. The molecule has 1 fully saturated rings. The Balaban J connectivity index is 2.79. The largest absolute Gasteiger partial charge is 0.405 e. The average Bonchev–Trinajstić information content (AvgIpc) is 2.43. The van der Waals surface area contributed by atoms with Gasteiger partial charge in [0.1, 0.15) is 20.1 Å². The maximum Gasteiger partial charge on any atom is 0.193 e. The summed E-state index contributed by atoms with van der Waals surface area (Å²) in [6.07, 6.45) is -1.58. The van der Waals surface area contributed by atoms with Crippen molar-refractivity contribution in [3.05, 3.63) is 0 Å². The first kappa shape index (κ1) is 14.9. The molecule has 1 aliphatic rings. The van der Waals surface area contributed by atoms with Gasteiger partial charge in [-0.05, 0) is 18.1 Å². The predicted molar refractivity (Wildman–Crippen MR) is 68.6 cm³/mol. The second kappa shape index (κ2) is 4.84. The Morgan fingerprint density at radius 1 is 1.47 bits per heavy atom. The quantitative estimate of drug-likeness (QED) is 0.760. The van der Waals surface area contributed by atoms with Gasteiger partial charge >= 0.3 is 0 Å². The Kier molecular flexibility index (Phi) is 4.24. The molecular formula is C11H21BO4Si. The third-order valence-electron chi connectivity index (χ3n) is 3.61. The maximum atomic E-state index is 11.9. The number of aliphatic hydroxyl groups excluding tert-OH is 1. The van der Waals surface area contributed by atoms with E-state index < -0.39 is 26.5 Å². The van der Waals surface area contributed by atoms with Crippen LogP contribution in [0.15, 0.2) is 0 Å². The molecule has 17 heavy (non-hydrogen) atoms. The highest BCUT2D eigenvalue weighted by Crippen LogP contribution is 2.38. The van der Waals surface area contributed by atoms with Crippen LogP contribution in [0.25, 0.3) is 0 Å². The maximum absolute atomic E-state index is 11.9. The Morgan fingerprint density at radius 2 is 2.00 bits per heavy atom. The Labute approximate surface area is 105 Å². The third kappa shape index (κ3) is 2.99. The van der Waals surface area contributed by atoms with E-state index in [-0.39, 0.29) is 17.4 Å². The molecule has 0 aromatic carbocycles. The van der Waals surface area contributed by atoms with Crippen molar-refractivity contribution in [2.24, 2.45) is 0 Å². The first-order chi connectivity index (χ1) is 7.60. The Morgan fingerprint density at radius 3 is 2.35 bits per heavy atom. The van der Waals surface area contributed by atoms with Crippen molar-refractivity contribution in [3.8, 4) is 0 Å². The van der Waals surface area contributed by atoms with Crippen LogP contribution in [-0.2, 0) is 14.0 Å². The zero-order valence-corrected chi connectivity index (χ0v) is 12.2. The fourth-order valence-corrected chi connectivity index (χ4v) is 2.66. The number of aliphatic hydroxyl groups is 1. The van der Waals surface area contributed by atoms with Crippen molar-refractivity contribution in [1.82, 2.24) is 0 Å². The summed E-state index contributed by atoms with van der Waals surface area (Å²) in [5.41, 5.74) is 0. The van der Waals surface area contributed by atoms with Gasteiger partial charge in [0.25, 0.3) is 0 Å². The van der Waals surface area contributed by atoms with Gasteiger partial charge in [0.15, 0.2) is 14.1 Å². The number of carbonyl (C=O) groups excluding carboxylic acids is 1. The minimum absolute atomic E-state index is 0.00427. The second-order valence-corrected chi connectivity index (χ2v) is 10.7. The van der Waals surface area contributed by atoms with Crippen LogP contribution in [-0.4, -0.2) is 51.9 Å². The van der Waals surface area contributed by atoms with Crippen LogP contribution < -0.4 is 0 Å². The molecule has 3 unspecified atom stereocenters. The van der Waals surface area contributed by atoms with Crippen LogP contribution in [0, 0.1) is 0 Å². The summed E-state index contributed by atoms with van der Waals surface area (Å²) >= 11 is 0. The molecule has 1 saturated heterocycles. The van der Waals surface area contributed by atoms with Crippen molar-refractivity contribution < 1.29 is 19.1 Å². The van der Waals surface area contributed by atoms with Crippen LogP contribution >= 0.6 is 0 Å². The van der Waals surface area contributed by atoms with Gasteiger partial charge in [-0.2, -0.15) is 0 Å². The first-order valence-corrected chi connectivity index (χ1v) is 8.74. The van der Waals surface area contributed by atoms with E-state index in [0.717, 1.165) is 0 Å². The van der Waals surface area contributed by atoms with E-state index in [0.29, 0.717) is 0 Å². The predicted octanol–water partition coefficient (Wildman–Crippen LogP) is 0.832. The highest BCUT2D eigenvalue weighted by Gasteiger charge is 2.47. The number of rotatable bonds is 3. The van der Waals surface area contributed by atoms with Gasteiger partial charge in [0.2, 0.25) is 0 Å². The molecule has 96 valence electrons. The minimum Gasteiger partial charge on any atom is -0.405 e. The van der Waals surface area contributed by atoms with Crippen LogP contribution in [0.2, 0.25) is 18.1 Å². The molecule has 0 bridgehead atoms. The van der Waals surface area contributed by atoms with Crippen LogP contribution in [0.3, 0.4) is 0 Å². The van der Waals surface area contributed by atoms with E-state index in [1.807, 2.05) is 0 Å². The second-order valence-electron chi connectivity index (χ2n) is 5.97. The molecule has 0 aromatic heterocycles. The van der Waals surface area contributed by atoms with E-state index in [2.05, 4.69) is 33.9 Å². The molecule has 1 heterocycles. The van der Waals surface area contributed by atoms with E-state index in [1.54, 1.807) is 0 Å². The first-order valence-electron chi connectivity index (χ1n) is 5.83. The molecular weight excluding hydrogens is 235 g/mol. The SMILES string of the molecule is [B]C1OC(CO)C(=O)C1O[Si](C)(C)C(C)(C)C. The van der Waals surface area contributed by atoms with Gasteiger partial charge in [-0.25, -0.2) is 0 Å². The van der Waals surface area contributed by atoms with Gasteiger partial charge in [-0.1, -0.05) is 20.8 Å². The number of ether oxygens (including phenoxy) is 1. The number of Topliss-reactive ketones (excluding diaryl/α,β-unsaturated/α-hetero) is 1. The zero-order valence-electron chi connectivity index (χ0n) is 11.2. The summed E-state index contributed by atoms with van der Waals surface area (Å²) in [4.78, 5) is 11.9. The number of ketones is 1. The van der Waals surface area contributed by atoms with Gasteiger partial charge in [-0.15, -0.1) is 0 Å². The summed E-state index contributed by atoms with van der Waals surface area (Å²) in [6, 6.07) is -0.770. The molecule has 0 amide bonds. The average molecular weight is 256 g/mol. The lowest BCUT2D eigenvalue weighted by atomic mass is 9.94. The lowest BCUT2D eigenvalue weighted by Gasteiger charge is -2.38. The van der Waals surface area contributed by atoms with Gasteiger partial charge in [0.05, 0.1) is 6.61 Å². The fraction of sp³-hybridized carbons (Fsp3) is 0.909. The Bertz CT molecular complexity index is 300. The molecule has 1 N–H and O–H groups in total. The summed E-state index contributed by atoms with van der Waals surface area (Å²) in [7, 11) is 3.67. The lowest BCUT2D eigenvalue weighted by molar-refractivity contribution is -0.127. The van der Waals surface area contributed by atoms with Gasteiger partial charge < -0.3 is 14.3 Å². The van der Waals surface area contributed by atoms with Gasteiger partial charge in [-0.3, -0.25) is 4.79 Å². The molecule has 1 rings (SSSR count). The smallest absolute Gasteiger partial charge is 0.193 e. The topological polar surface area (TPSA) is 55.8 Å². The van der Waals surface area contributed by atoms with E-state index in [1.165, 1.54) is 0 Å². The molecule has 4 nitrogen and oxygen atoms in total. The zero-order chi connectivity index (χ0) is 13.4. The molecule has 0 saturated carbocycles. The summed E-state index contributed by atoms with van der Waals surface area (Å²) < 4.78 is 11.1. The molecule has 2 radical (unpaired) electrons. The van der Waals surface area contributed by atoms with E-state index >= 15 is 0 Å². The van der Waals surface area contributed by atoms with Crippen molar-refractivity contribution in [2.75, 3.05) is 6.61 Å². The van der Waals surface area contributed by atoms with Crippen molar-refractivity contribution in [3.63, 3.8) is 0 Å². The molecule has 1 aliphatic heterocycles. The Hall–Kier alpha value is -0.168. The lowest BCUT2D eigenvalue weighted by Crippen LogP contribution is -2.48. The number of hydrogen-bond acceptors (Lipinski definition) is 4. The van der Waals surface area contributed by atoms with Gasteiger partial charge in [0, 0.05) is 6.00 Å². The highest BCUT2D eigenvalue weighted by molar-refractivity contribution is 6.74. The van der Waals surface area contributed by atoms with Crippen molar-refractivity contribution >= 4 is 21.9 Å². The minimum atomic E-state index is -2.06.